The number of carbonyl (C=O) groups excluding carboxylic acids is 4. The van der Waals surface area contributed by atoms with Crippen LogP contribution in [-0.4, -0.2) is 54.8 Å². The number of ketones is 4. The van der Waals surface area contributed by atoms with Gasteiger partial charge >= 0.3 is 0 Å². The molecule has 0 saturated heterocycles. The van der Waals surface area contributed by atoms with Crippen molar-refractivity contribution in [1.29, 1.82) is 0 Å². The molecule has 4 aliphatic carbocycles. The highest BCUT2D eigenvalue weighted by Gasteiger charge is 2.85. The number of aliphatic hydroxyl groups is 4. The topological polar surface area (TPSA) is 149 Å². The van der Waals surface area contributed by atoms with Gasteiger partial charge in [-0.2, -0.15) is 0 Å². The van der Waals surface area contributed by atoms with E-state index in [0.29, 0.717) is 0 Å². The second kappa shape index (κ2) is 8.78. The summed E-state index contributed by atoms with van der Waals surface area (Å²) in [6.45, 7) is 8.19. The van der Waals surface area contributed by atoms with Gasteiger partial charge in [0.1, 0.15) is 39.3 Å². The highest BCUT2D eigenvalue weighted by molar-refractivity contribution is 6.32. The molecule has 0 unspecified atom stereocenters. The number of fused-ring (bicyclic) bond motifs is 2. The Hall–Kier alpha value is -3.10. The molecule has 36 heavy (non-hydrogen) atoms. The van der Waals surface area contributed by atoms with Gasteiger partial charge in [0.25, 0.3) is 0 Å². The first-order chi connectivity index (χ1) is 16.6. The lowest BCUT2D eigenvalue weighted by Crippen LogP contribution is -2.82. The molecule has 0 radical (unpaired) electrons. The average Bonchev–Trinajstić information content (AvgIpc) is 2.81. The lowest BCUT2D eigenvalue weighted by molar-refractivity contribution is -0.223. The quantitative estimate of drug-likeness (QED) is 0.143. The molecule has 0 amide bonds. The number of aliphatic hydroxyl groups excluding tert-OH is 2. The molecule has 0 aromatic carbocycles. The number of Topliss-reactive ketones (excluding diaryl/α,β-unsaturated/α-hetero) is 4. The van der Waals surface area contributed by atoms with Crippen molar-refractivity contribution >= 4 is 23.1 Å². The molecule has 4 N–H and O–H groups in total. The third kappa shape index (κ3) is 3.13. The normalized spacial score (nSPS) is 40.2. The van der Waals surface area contributed by atoms with E-state index in [-0.39, 0.29) is 24.0 Å². The van der Waals surface area contributed by atoms with Crippen LogP contribution in [-0.2, 0) is 19.2 Å². The molecule has 4 rings (SSSR count). The van der Waals surface area contributed by atoms with Crippen LogP contribution in [0.5, 0.6) is 0 Å². The van der Waals surface area contributed by atoms with Gasteiger partial charge in [-0.25, -0.2) is 0 Å². The fraction of sp³-hybridized carbons (Fsp3) is 0.500. The van der Waals surface area contributed by atoms with Crippen molar-refractivity contribution in [3.05, 3.63) is 59.1 Å². The fourth-order valence-electron chi connectivity index (χ4n) is 6.68. The molecule has 194 valence electrons. The van der Waals surface area contributed by atoms with Crippen LogP contribution in [0.2, 0.25) is 0 Å². The lowest BCUT2D eigenvalue weighted by Gasteiger charge is -2.67. The second-order valence-corrected chi connectivity index (χ2v) is 10.4. The summed E-state index contributed by atoms with van der Waals surface area (Å²) in [5.74, 6) is -8.20. The SMILES string of the molecule is C/C=C/C=C/C(O)=C1\C(=O)[C@]2(C)C(=O)[C@@](C)(O)[C@H]1[C@@H]1[C@@]2(C(=O)CC/C=C/C)C(=O)C(C)=C(O)[C@@]1(C)O. The first kappa shape index (κ1) is 27.5. The van der Waals surface area contributed by atoms with Crippen molar-refractivity contribution in [2.75, 3.05) is 0 Å². The summed E-state index contributed by atoms with van der Waals surface area (Å²) in [4.78, 5) is 55.9. The highest BCUT2D eigenvalue weighted by Crippen LogP contribution is 2.70. The van der Waals surface area contributed by atoms with Crippen LogP contribution >= 0.6 is 0 Å². The van der Waals surface area contributed by atoms with Gasteiger partial charge in [-0.05, 0) is 54.0 Å². The number of hydrogen-bond acceptors (Lipinski definition) is 8. The summed E-state index contributed by atoms with van der Waals surface area (Å²) >= 11 is 0. The van der Waals surface area contributed by atoms with Crippen LogP contribution in [0.3, 0.4) is 0 Å². The first-order valence-corrected chi connectivity index (χ1v) is 12.0. The van der Waals surface area contributed by atoms with E-state index in [1.807, 2.05) is 0 Å². The Morgan fingerprint density at radius 3 is 2.14 bits per heavy atom. The zero-order chi connectivity index (χ0) is 27.4. The highest BCUT2D eigenvalue weighted by atomic mass is 16.3. The van der Waals surface area contributed by atoms with Crippen molar-refractivity contribution in [2.45, 2.75) is 65.6 Å². The van der Waals surface area contributed by atoms with Crippen molar-refractivity contribution in [3.63, 3.8) is 0 Å². The molecule has 2 bridgehead atoms. The van der Waals surface area contributed by atoms with Crippen molar-refractivity contribution < 1.29 is 39.6 Å². The zero-order valence-corrected chi connectivity index (χ0v) is 21.5. The van der Waals surface area contributed by atoms with E-state index >= 15 is 0 Å². The van der Waals surface area contributed by atoms with Crippen LogP contribution in [0.25, 0.3) is 0 Å². The number of carbonyl (C=O) groups is 4. The third-order valence-corrected chi connectivity index (χ3v) is 8.30. The Labute approximate surface area is 210 Å². The minimum Gasteiger partial charge on any atom is -0.509 e. The Balaban J connectivity index is 2.51. The maximum absolute atomic E-state index is 14.0. The number of hydrogen-bond donors (Lipinski definition) is 4. The molecule has 8 nitrogen and oxygen atoms in total. The average molecular weight is 499 g/mol. The van der Waals surface area contributed by atoms with Crippen LogP contribution in [0.15, 0.2) is 59.1 Å². The summed E-state index contributed by atoms with van der Waals surface area (Å²) in [5, 5.41) is 45.0. The van der Waals surface area contributed by atoms with Crippen LogP contribution < -0.4 is 0 Å². The maximum atomic E-state index is 14.0. The summed E-state index contributed by atoms with van der Waals surface area (Å²) in [5.41, 5.74) is -10.1. The van der Waals surface area contributed by atoms with E-state index in [2.05, 4.69) is 0 Å². The zero-order valence-electron chi connectivity index (χ0n) is 21.5. The number of allylic oxidation sites excluding steroid dienone is 7. The van der Waals surface area contributed by atoms with Gasteiger partial charge in [-0.3, -0.25) is 19.2 Å². The second-order valence-electron chi connectivity index (χ2n) is 10.4. The summed E-state index contributed by atoms with van der Waals surface area (Å²) in [6, 6.07) is 0. The molecule has 0 aromatic rings. The molecule has 3 fully saturated rings. The van der Waals surface area contributed by atoms with Gasteiger partial charge in [0.05, 0.1) is 0 Å². The van der Waals surface area contributed by atoms with Gasteiger partial charge in [0, 0.05) is 29.4 Å². The van der Waals surface area contributed by atoms with Crippen LogP contribution in [0.4, 0.5) is 0 Å². The minimum atomic E-state index is -2.44. The van der Waals surface area contributed by atoms with Crippen molar-refractivity contribution in [3.8, 4) is 0 Å². The molecule has 6 atom stereocenters. The van der Waals surface area contributed by atoms with Crippen LogP contribution in [0, 0.1) is 22.7 Å². The van der Waals surface area contributed by atoms with Crippen LogP contribution in [0.1, 0.15) is 54.4 Å². The molecule has 0 spiro atoms. The maximum Gasteiger partial charge on any atom is 0.179 e. The van der Waals surface area contributed by atoms with Gasteiger partial charge in [0.15, 0.2) is 17.3 Å². The molecular formula is C28H34O8. The third-order valence-electron chi connectivity index (χ3n) is 8.30. The summed E-state index contributed by atoms with van der Waals surface area (Å²) in [7, 11) is 0. The van der Waals surface area contributed by atoms with E-state index in [9.17, 15) is 39.6 Å². The van der Waals surface area contributed by atoms with Gasteiger partial charge in [-0.1, -0.05) is 30.4 Å². The van der Waals surface area contributed by atoms with E-state index in [0.717, 1.165) is 13.8 Å². The predicted molar refractivity (Wildman–Crippen MR) is 132 cm³/mol. The standard InChI is InChI=1S/C28H34O8/c1-7-9-11-13-16(29)18-19-20-27(6,36)21(31)15(3)22(32)28(20,17(30)14-12-10-8-2)25(4,23(18)33)24(34)26(19,5)35/h7-11,13,19-20,29,31,35-36H,12,14H2,1-6H3/b9-7+,10-8+,13-11+,18-16+/t19-,20+,25-,26+,27+,28+/m1/s1. The largest absolute Gasteiger partial charge is 0.509 e. The molecular weight excluding hydrogens is 464 g/mol. The fourth-order valence-corrected chi connectivity index (χ4v) is 6.68. The smallest absolute Gasteiger partial charge is 0.179 e. The molecule has 0 aromatic heterocycles. The Morgan fingerprint density at radius 2 is 1.58 bits per heavy atom. The van der Waals surface area contributed by atoms with Gasteiger partial charge < -0.3 is 20.4 Å². The van der Waals surface area contributed by atoms with Gasteiger partial charge in [0.2, 0.25) is 0 Å². The molecule has 8 heteroatoms. The van der Waals surface area contributed by atoms with Crippen molar-refractivity contribution in [1.82, 2.24) is 0 Å². The molecule has 3 saturated carbocycles. The molecule has 0 heterocycles. The summed E-state index contributed by atoms with van der Waals surface area (Å²) < 4.78 is 0. The van der Waals surface area contributed by atoms with Crippen molar-refractivity contribution in [2.24, 2.45) is 22.7 Å². The molecule has 0 aliphatic heterocycles. The Kier molecular flexibility index (Phi) is 6.70. The van der Waals surface area contributed by atoms with E-state index < -0.39 is 68.5 Å². The Bertz CT molecular complexity index is 1190. The lowest BCUT2D eigenvalue weighted by atomic mass is 9.32. The Morgan fingerprint density at radius 1 is 0.972 bits per heavy atom. The first-order valence-electron chi connectivity index (χ1n) is 12.0. The van der Waals surface area contributed by atoms with E-state index in [4.69, 9.17) is 0 Å². The van der Waals surface area contributed by atoms with E-state index in [1.165, 1.54) is 26.0 Å². The minimum absolute atomic E-state index is 0.214. The molecule has 4 aliphatic rings. The number of rotatable bonds is 6. The van der Waals surface area contributed by atoms with E-state index in [1.54, 1.807) is 38.2 Å². The monoisotopic (exact) mass is 498 g/mol. The summed E-state index contributed by atoms with van der Waals surface area (Å²) in [6.07, 6.45) is 9.31. The van der Waals surface area contributed by atoms with Gasteiger partial charge in [-0.15, -0.1) is 0 Å². The predicted octanol–water partition coefficient (Wildman–Crippen LogP) is 3.16.